The van der Waals surface area contributed by atoms with Crippen molar-refractivity contribution in [3.63, 3.8) is 0 Å². The highest BCUT2D eigenvalue weighted by molar-refractivity contribution is 5.88. The van der Waals surface area contributed by atoms with Crippen LogP contribution in [0.25, 0.3) is 0 Å². The van der Waals surface area contributed by atoms with Gasteiger partial charge in [0.25, 0.3) is 0 Å². The van der Waals surface area contributed by atoms with Crippen LogP contribution in [-0.2, 0) is 5.41 Å². The summed E-state index contributed by atoms with van der Waals surface area (Å²) in [6.07, 6.45) is 0. The van der Waals surface area contributed by atoms with Gasteiger partial charge in [-0.1, -0.05) is 32.9 Å². The van der Waals surface area contributed by atoms with Gasteiger partial charge in [0.2, 0.25) is 0 Å². The summed E-state index contributed by atoms with van der Waals surface area (Å²) >= 11 is 0. The van der Waals surface area contributed by atoms with Gasteiger partial charge >= 0.3 is 5.97 Å². The van der Waals surface area contributed by atoms with Gasteiger partial charge in [0.1, 0.15) is 19.0 Å². The third kappa shape index (κ3) is 4.91. The van der Waals surface area contributed by atoms with Crippen molar-refractivity contribution in [3.05, 3.63) is 53.1 Å². The van der Waals surface area contributed by atoms with Gasteiger partial charge in [-0.2, -0.15) is 0 Å². The summed E-state index contributed by atoms with van der Waals surface area (Å²) in [5, 5.41) is 9.03. The zero-order valence-electron chi connectivity index (χ0n) is 16.0. The van der Waals surface area contributed by atoms with Crippen LogP contribution in [0.1, 0.15) is 42.3 Å². The number of carboxylic acid groups (broad SMARTS) is 1. The Morgan fingerprint density at radius 3 is 2.19 bits per heavy atom. The van der Waals surface area contributed by atoms with Crippen molar-refractivity contribution >= 4 is 5.97 Å². The molecular weight excluding hydrogens is 332 g/mol. The molecule has 0 bridgehead atoms. The molecule has 0 amide bonds. The number of carboxylic acids is 1. The van der Waals surface area contributed by atoms with E-state index < -0.39 is 5.97 Å². The van der Waals surface area contributed by atoms with Gasteiger partial charge in [0.15, 0.2) is 11.5 Å². The Hall–Kier alpha value is -2.69. The molecule has 1 N–H and O–H groups in total. The highest BCUT2D eigenvalue weighted by atomic mass is 16.5. The van der Waals surface area contributed by atoms with E-state index in [-0.39, 0.29) is 11.0 Å². The highest BCUT2D eigenvalue weighted by Crippen LogP contribution is 2.32. The van der Waals surface area contributed by atoms with E-state index in [9.17, 15) is 4.79 Å². The summed E-state index contributed by atoms with van der Waals surface area (Å²) in [6.45, 7) is 9.17. The number of hydrogen-bond donors (Lipinski definition) is 1. The van der Waals surface area contributed by atoms with E-state index in [0.717, 1.165) is 16.9 Å². The molecule has 0 saturated carbocycles. The zero-order valence-corrected chi connectivity index (χ0v) is 16.0. The molecule has 0 aromatic heterocycles. The summed E-state index contributed by atoms with van der Waals surface area (Å²) < 4.78 is 16.8. The standard InChI is InChI=1S/C21H26O5/c1-14-6-8-16(21(2,3)4)18(12-14)26-11-10-25-17-9-7-15(20(22)23)13-19(17)24-5/h6-9,12-13H,10-11H2,1-5H3,(H,22,23). The fourth-order valence-electron chi connectivity index (χ4n) is 2.59. The summed E-state index contributed by atoms with van der Waals surface area (Å²) in [7, 11) is 1.48. The lowest BCUT2D eigenvalue weighted by atomic mass is 9.86. The first-order valence-electron chi connectivity index (χ1n) is 8.50. The number of carbonyl (C=O) groups is 1. The monoisotopic (exact) mass is 358 g/mol. The number of methoxy groups -OCH3 is 1. The minimum absolute atomic E-state index is 0.0141. The van der Waals surface area contributed by atoms with Gasteiger partial charge in [0, 0.05) is 0 Å². The molecule has 0 aliphatic heterocycles. The Balaban J connectivity index is 2.02. The van der Waals surface area contributed by atoms with Crippen LogP contribution in [0, 0.1) is 6.92 Å². The maximum absolute atomic E-state index is 11.0. The minimum Gasteiger partial charge on any atom is -0.493 e. The lowest BCUT2D eigenvalue weighted by Crippen LogP contribution is -2.16. The zero-order chi connectivity index (χ0) is 19.3. The van der Waals surface area contributed by atoms with E-state index in [0.29, 0.717) is 24.7 Å². The quantitative estimate of drug-likeness (QED) is 0.741. The normalized spacial score (nSPS) is 11.1. The Morgan fingerprint density at radius 1 is 0.962 bits per heavy atom. The van der Waals surface area contributed by atoms with E-state index in [1.807, 2.05) is 13.0 Å². The van der Waals surface area contributed by atoms with E-state index in [4.69, 9.17) is 19.3 Å². The summed E-state index contributed by atoms with van der Waals surface area (Å²) in [5.74, 6) is 0.721. The lowest BCUT2D eigenvalue weighted by Gasteiger charge is -2.23. The second-order valence-corrected chi connectivity index (χ2v) is 7.12. The van der Waals surface area contributed by atoms with Crippen LogP contribution in [-0.4, -0.2) is 31.4 Å². The minimum atomic E-state index is -1.01. The summed E-state index contributed by atoms with van der Waals surface area (Å²) in [4.78, 5) is 11.0. The van der Waals surface area contributed by atoms with Crippen LogP contribution in [0.5, 0.6) is 17.2 Å². The molecule has 0 saturated heterocycles. The maximum Gasteiger partial charge on any atom is 0.335 e. The average Bonchev–Trinajstić information content (AvgIpc) is 2.57. The van der Waals surface area contributed by atoms with Crippen molar-refractivity contribution in [2.24, 2.45) is 0 Å². The molecular formula is C21H26O5. The second-order valence-electron chi connectivity index (χ2n) is 7.12. The maximum atomic E-state index is 11.0. The fourth-order valence-corrected chi connectivity index (χ4v) is 2.59. The Labute approximate surface area is 154 Å². The Morgan fingerprint density at radius 2 is 1.62 bits per heavy atom. The Kier molecular flexibility index (Phi) is 6.14. The number of rotatable bonds is 7. The number of aromatic carboxylic acids is 1. The van der Waals surface area contributed by atoms with Crippen molar-refractivity contribution in [2.45, 2.75) is 33.1 Å². The largest absolute Gasteiger partial charge is 0.493 e. The molecule has 140 valence electrons. The highest BCUT2D eigenvalue weighted by Gasteiger charge is 2.19. The first-order valence-corrected chi connectivity index (χ1v) is 8.50. The second kappa shape index (κ2) is 8.13. The van der Waals surface area contributed by atoms with Crippen molar-refractivity contribution in [1.82, 2.24) is 0 Å². The number of ether oxygens (including phenoxy) is 3. The van der Waals surface area contributed by atoms with Crippen LogP contribution < -0.4 is 14.2 Å². The van der Waals surface area contributed by atoms with Gasteiger partial charge in [-0.25, -0.2) is 4.79 Å². The molecule has 2 aromatic rings. The predicted octanol–water partition coefficient (Wildman–Crippen LogP) is 4.46. The molecule has 26 heavy (non-hydrogen) atoms. The molecule has 0 spiro atoms. The first-order chi connectivity index (χ1) is 12.2. The fraction of sp³-hybridized carbons (Fsp3) is 0.381. The van der Waals surface area contributed by atoms with Gasteiger partial charge in [-0.15, -0.1) is 0 Å². The van der Waals surface area contributed by atoms with Crippen LogP contribution in [0.4, 0.5) is 0 Å². The van der Waals surface area contributed by atoms with E-state index in [1.165, 1.54) is 19.2 Å². The van der Waals surface area contributed by atoms with Gasteiger partial charge in [-0.3, -0.25) is 0 Å². The molecule has 0 aliphatic rings. The molecule has 0 unspecified atom stereocenters. The average molecular weight is 358 g/mol. The smallest absolute Gasteiger partial charge is 0.335 e. The van der Waals surface area contributed by atoms with E-state index in [1.54, 1.807) is 6.07 Å². The molecule has 0 aliphatic carbocycles. The van der Waals surface area contributed by atoms with Crippen LogP contribution in [0.15, 0.2) is 36.4 Å². The summed E-state index contributed by atoms with van der Waals surface area (Å²) in [5.41, 5.74) is 2.42. The molecule has 0 radical (unpaired) electrons. The third-order valence-corrected chi connectivity index (χ3v) is 3.95. The SMILES string of the molecule is COc1cc(C(=O)O)ccc1OCCOc1cc(C)ccc1C(C)(C)C. The van der Waals surface area contributed by atoms with Crippen molar-refractivity contribution < 1.29 is 24.1 Å². The molecule has 0 atom stereocenters. The van der Waals surface area contributed by atoms with Crippen molar-refractivity contribution in [1.29, 1.82) is 0 Å². The van der Waals surface area contributed by atoms with Crippen LogP contribution in [0.2, 0.25) is 0 Å². The topological polar surface area (TPSA) is 65.0 Å². The molecule has 5 heteroatoms. The number of hydrogen-bond acceptors (Lipinski definition) is 4. The number of aryl methyl sites for hydroxylation is 1. The van der Waals surface area contributed by atoms with E-state index >= 15 is 0 Å². The van der Waals surface area contributed by atoms with Crippen molar-refractivity contribution in [3.8, 4) is 17.2 Å². The van der Waals surface area contributed by atoms with Gasteiger partial charge < -0.3 is 19.3 Å². The molecule has 0 heterocycles. The first kappa shape index (κ1) is 19.6. The third-order valence-electron chi connectivity index (χ3n) is 3.95. The number of benzene rings is 2. The molecule has 0 fully saturated rings. The predicted molar refractivity (Wildman–Crippen MR) is 101 cm³/mol. The van der Waals surface area contributed by atoms with Gasteiger partial charge in [0.05, 0.1) is 12.7 Å². The van der Waals surface area contributed by atoms with Crippen LogP contribution in [0.3, 0.4) is 0 Å². The lowest BCUT2D eigenvalue weighted by molar-refractivity contribution is 0.0696. The summed E-state index contributed by atoms with van der Waals surface area (Å²) in [6, 6.07) is 10.7. The van der Waals surface area contributed by atoms with E-state index in [2.05, 4.69) is 32.9 Å². The molecule has 2 aromatic carbocycles. The molecule has 5 nitrogen and oxygen atoms in total. The van der Waals surface area contributed by atoms with Crippen LogP contribution >= 0.6 is 0 Å². The van der Waals surface area contributed by atoms with Gasteiger partial charge in [-0.05, 0) is 47.7 Å². The van der Waals surface area contributed by atoms with Crippen molar-refractivity contribution in [2.75, 3.05) is 20.3 Å². The Bertz CT molecular complexity index is 774. The molecule has 2 rings (SSSR count).